The van der Waals surface area contributed by atoms with Gasteiger partial charge in [-0.05, 0) is 13.8 Å². The van der Waals surface area contributed by atoms with Gasteiger partial charge >= 0.3 is 26.2 Å². The Balaban J connectivity index is 0.000000451. The summed E-state index contributed by atoms with van der Waals surface area (Å²) in [5.74, 6) is 0. The van der Waals surface area contributed by atoms with Crippen molar-refractivity contribution in [3.63, 3.8) is 0 Å². The monoisotopic (exact) mass is 566 g/mol. The number of benzene rings is 3. The van der Waals surface area contributed by atoms with Gasteiger partial charge in [0.05, 0.1) is 9.52 Å². The molecule has 0 bridgehead atoms. The van der Waals surface area contributed by atoms with Gasteiger partial charge in [-0.1, -0.05) is 79.2 Å². The predicted molar refractivity (Wildman–Crippen MR) is 136 cm³/mol. The van der Waals surface area contributed by atoms with Gasteiger partial charge in [0.1, 0.15) is 0 Å². The Bertz CT molecular complexity index is 1070. The molecule has 0 heterocycles. The molecule has 0 N–H and O–H groups in total. The van der Waals surface area contributed by atoms with Crippen LogP contribution in [-0.4, -0.2) is 9.52 Å². The molecule has 168 valence electrons. The molecular formula is C29H30Cl2SiZr. The third kappa shape index (κ3) is 8.37. The Hall–Kier alpha value is -1.44. The van der Waals surface area contributed by atoms with Gasteiger partial charge in [0.2, 0.25) is 0 Å². The standard InChI is InChI=1S/2C11H11.C7H8Si.2ClH.Zr/c2*1-8-6-7-9(2)11-5-3-4-10(8)11;1-8-7-5-3-2-4-6-7;;;/h2*3-7H,1-2H3;2-6H,1H3;2*1H;/q2*-1;;;;+4/p-2. The Labute approximate surface area is 233 Å². The Kier molecular flexibility index (Phi) is 14.8. The quantitative estimate of drug-likeness (QED) is 0.212. The Morgan fingerprint density at radius 1 is 0.545 bits per heavy atom. The van der Waals surface area contributed by atoms with Crippen LogP contribution in [0.5, 0.6) is 0 Å². The molecule has 0 saturated heterocycles. The fourth-order valence-electron chi connectivity index (χ4n) is 3.68. The van der Waals surface area contributed by atoms with Gasteiger partial charge in [-0.25, -0.2) is 0 Å². The molecule has 0 amide bonds. The smallest absolute Gasteiger partial charge is 1.00 e. The molecule has 33 heavy (non-hydrogen) atoms. The maximum absolute atomic E-state index is 2.19. The van der Waals surface area contributed by atoms with Crippen LogP contribution < -0.4 is 30.0 Å². The van der Waals surface area contributed by atoms with Crippen molar-refractivity contribution >= 4 is 36.3 Å². The minimum atomic E-state index is 0. The Morgan fingerprint density at radius 3 is 1.27 bits per heavy atom. The summed E-state index contributed by atoms with van der Waals surface area (Å²) in [7, 11) is 0.930. The number of halogens is 2. The van der Waals surface area contributed by atoms with Crippen LogP contribution in [0.15, 0.2) is 91.0 Å². The molecule has 0 fully saturated rings. The molecule has 0 spiro atoms. The van der Waals surface area contributed by atoms with Crippen molar-refractivity contribution < 1.29 is 51.0 Å². The molecule has 5 aromatic rings. The molecule has 0 unspecified atom stereocenters. The van der Waals surface area contributed by atoms with Crippen molar-refractivity contribution in [1.82, 2.24) is 0 Å². The first-order valence-electron chi connectivity index (χ1n) is 10.5. The summed E-state index contributed by atoms with van der Waals surface area (Å²) in [6, 6.07) is 32.2. The van der Waals surface area contributed by atoms with E-state index in [0.29, 0.717) is 0 Å². The van der Waals surface area contributed by atoms with Crippen LogP contribution in [0, 0.1) is 27.7 Å². The number of aryl methyl sites for hydroxylation is 4. The maximum atomic E-state index is 2.19. The van der Waals surface area contributed by atoms with Crippen molar-refractivity contribution in [3.8, 4) is 0 Å². The second-order valence-electron chi connectivity index (χ2n) is 7.72. The van der Waals surface area contributed by atoms with Crippen LogP contribution in [0.3, 0.4) is 0 Å². The van der Waals surface area contributed by atoms with Crippen LogP contribution in [0.25, 0.3) is 21.5 Å². The van der Waals surface area contributed by atoms with Gasteiger partial charge in [-0.2, -0.15) is 24.3 Å². The average Bonchev–Trinajstić information content (AvgIpc) is 3.46. The first kappa shape index (κ1) is 31.6. The van der Waals surface area contributed by atoms with Crippen molar-refractivity contribution in [2.24, 2.45) is 0 Å². The molecule has 0 saturated carbocycles. The number of fused-ring (bicyclic) bond motifs is 2. The molecule has 0 aliphatic rings. The Morgan fingerprint density at radius 2 is 0.939 bits per heavy atom. The molecule has 0 aliphatic heterocycles. The number of rotatable bonds is 1. The van der Waals surface area contributed by atoms with Crippen LogP contribution in [-0.2, 0) is 26.2 Å². The molecule has 5 rings (SSSR count). The van der Waals surface area contributed by atoms with Crippen LogP contribution >= 0.6 is 0 Å². The topological polar surface area (TPSA) is 0 Å². The summed E-state index contributed by atoms with van der Waals surface area (Å²) in [5.41, 5.74) is 5.48. The van der Waals surface area contributed by atoms with E-state index in [-0.39, 0.29) is 51.0 Å². The van der Waals surface area contributed by atoms with E-state index in [1.54, 1.807) is 0 Å². The third-order valence-corrected chi connectivity index (χ3v) is 6.47. The summed E-state index contributed by atoms with van der Waals surface area (Å²) in [6.07, 6.45) is 0. The SMILES string of the molecule is C[Si]c1ccccc1.Cc1ccc(C)c2[cH-]ccc12.Cc1ccc(C)c2[cH-]ccc12.[Cl-].[Cl-].[Zr+4]. The summed E-state index contributed by atoms with van der Waals surface area (Å²) >= 11 is 0. The minimum Gasteiger partial charge on any atom is -1.00 e. The zero-order chi connectivity index (χ0) is 21.5. The first-order chi connectivity index (χ1) is 14.5. The molecule has 0 nitrogen and oxygen atoms in total. The molecule has 5 aromatic carbocycles. The van der Waals surface area contributed by atoms with Gasteiger partial charge in [-0.3, -0.25) is 0 Å². The van der Waals surface area contributed by atoms with E-state index in [9.17, 15) is 0 Å². The average molecular weight is 569 g/mol. The van der Waals surface area contributed by atoms with Crippen molar-refractivity contribution in [1.29, 1.82) is 0 Å². The second kappa shape index (κ2) is 15.5. The normalized spacial score (nSPS) is 9.36. The predicted octanol–water partition coefficient (Wildman–Crippen LogP) is 1.42. The van der Waals surface area contributed by atoms with Gasteiger partial charge in [0, 0.05) is 0 Å². The summed E-state index contributed by atoms with van der Waals surface area (Å²) in [6.45, 7) is 10.8. The molecular weight excluding hydrogens is 539 g/mol. The summed E-state index contributed by atoms with van der Waals surface area (Å²) in [5, 5.41) is 7.01. The van der Waals surface area contributed by atoms with Gasteiger partial charge in [-0.15, -0.1) is 56.9 Å². The number of hydrogen-bond donors (Lipinski definition) is 0. The van der Waals surface area contributed by atoms with E-state index in [2.05, 4.69) is 119 Å². The summed E-state index contributed by atoms with van der Waals surface area (Å²) < 4.78 is 0. The van der Waals surface area contributed by atoms with E-state index < -0.39 is 0 Å². The van der Waals surface area contributed by atoms with Gasteiger partial charge in [0.15, 0.2) is 0 Å². The third-order valence-electron chi connectivity index (χ3n) is 5.56. The molecule has 0 aliphatic carbocycles. The van der Waals surface area contributed by atoms with Crippen LogP contribution in [0.1, 0.15) is 22.3 Å². The number of hydrogen-bond acceptors (Lipinski definition) is 0. The molecule has 0 atom stereocenters. The fourth-order valence-corrected chi connectivity index (χ4v) is 4.21. The maximum Gasteiger partial charge on any atom is 4.00 e. The molecule has 2 radical (unpaired) electrons. The molecule has 4 heteroatoms. The largest absolute Gasteiger partial charge is 4.00 e. The minimum absolute atomic E-state index is 0. The molecule has 0 aromatic heterocycles. The van der Waals surface area contributed by atoms with E-state index in [4.69, 9.17) is 0 Å². The second-order valence-corrected chi connectivity index (χ2v) is 8.80. The summed E-state index contributed by atoms with van der Waals surface area (Å²) in [4.78, 5) is 0. The van der Waals surface area contributed by atoms with Crippen molar-refractivity contribution in [3.05, 3.63) is 113 Å². The van der Waals surface area contributed by atoms with Crippen molar-refractivity contribution in [2.75, 3.05) is 0 Å². The van der Waals surface area contributed by atoms with Gasteiger partial charge in [0.25, 0.3) is 0 Å². The fraction of sp³-hybridized carbons (Fsp3) is 0.172. The van der Waals surface area contributed by atoms with E-state index in [1.807, 2.05) is 6.07 Å². The van der Waals surface area contributed by atoms with Crippen molar-refractivity contribution in [2.45, 2.75) is 34.2 Å². The van der Waals surface area contributed by atoms with E-state index in [1.165, 1.54) is 49.0 Å². The zero-order valence-electron chi connectivity index (χ0n) is 19.9. The van der Waals surface area contributed by atoms with E-state index in [0.717, 1.165) is 9.52 Å². The zero-order valence-corrected chi connectivity index (χ0v) is 24.9. The van der Waals surface area contributed by atoms with E-state index >= 15 is 0 Å². The van der Waals surface area contributed by atoms with Crippen LogP contribution in [0.4, 0.5) is 0 Å². The first-order valence-corrected chi connectivity index (χ1v) is 12.0. The van der Waals surface area contributed by atoms with Gasteiger partial charge < -0.3 is 24.8 Å². The van der Waals surface area contributed by atoms with Crippen LogP contribution in [0.2, 0.25) is 6.55 Å².